The molecule has 0 aliphatic heterocycles. The average molecular weight is 234 g/mol. The number of fused-ring (bicyclic) bond motifs is 1. The second kappa shape index (κ2) is 4.73. The number of nitrogens with zero attached hydrogens (tertiary/aromatic N) is 1. The Morgan fingerprint density at radius 1 is 1.47 bits per heavy atom. The van der Waals surface area contributed by atoms with E-state index >= 15 is 0 Å². The number of nitrogens with one attached hydrogen (secondary N) is 1. The van der Waals surface area contributed by atoms with Crippen LogP contribution in [-0.4, -0.2) is 23.3 Å². The number of Topliss-reactive ketones (excluding diaryl/α,β-unsaturated/α-hetero) is 1. The van der Waals surface area contributed by atoms with Crippen LogP contribution in [0, 0.1) is 6.92 Å². The molecule has 0 bridgehead atoms. The SMILES string of the molecule is CNC(=O)CCn1c(C)cc2c1CCCC2=O. The summed E-state index contributed by atoms with van der Waals surface area (Å²) in [5.74, 6) is 0.280. The summed E-state index contributed by atoms with van der Waals surface area (Å²) in [5, 5.41) is 2.62. The summed E-state index contributed by atoms with van der Waals surface area (Å²) in [7, 11) is 1.64. The second-order valence-electron chi connectivity index (χ2n) is 4.50. The van der Waals surface area contributed by atoms with Crippen molar-refractivity contribution < 1.29 is 9.59 Å². The molecule has 0 spiro atoms. The summed E-state index contributed by atoms with van der Waals surface area (Å²) in [4.78, 5) is 23.0. The number of ketones is 1. The van der Waals surface area contributed by atoms with E-state index in [4.69, 9.17) is 0 Å². The van der Waals surface area contributed by atoms with Crippen molar-refractivity contribution in [1.29, 1.82) is 0 Å². The predicted octanol–water partition coefficient (Wildman–Crippen LogP) is 1.45. The van der Waals surface area contributed by atoms with Gasteiger partial charge in [-0.15, -0.1) is 0 Å². The van der Waals surface area contributed by atoms with Crippen LogP contribution in [0.15, 0.2) is 6.07 Å². The molecule has 0 atom stereocenters. The molecule has 1 aliphatic rings. The monoisotopic (exact) mass is 234 g/mol. The maximum absolute atomic E-state index is 11.8. The number of carbonyl (C=O) groups is 2. The van der Waals surface area contributed by atoms with E-state index in [1.165, 1.54) is 0 Å². The molecule has 2 rings (SSSR count). The van der Waals surface area contributed by atoms with Gasteiger partial charge in [-0.1, -0.05) is 0 Å². The summed E-state index contributed by atoms with van der Waals surface area (Å²) >= 11 is 0. The van der Waals surface area contributed by atoms with Gasteiger partial charge in [0.1, 0.15) is 0 Å². The highest BCUT2D eigenvalue weighted by Crippen LogP contribution is 2.25. The summed E-state index contributed by atoms with van der Waals surface area (Å²) in [6.45, 7) is 2.66. The van der Waals surface area contributed by atoms with Gasteiger partial charge in [0.25, 0.3) is 0 Å². The van der Waals surface area contributed by atoms with E-state index in [0.29, 0.717) is 19.4 Å². The molecule has 0 radical (unpaired) electrons. The number of rotatable bonds is 3. The lowest BCUT2D eigenvalue weighted by molar-refractivity contribution is -0.120. The smallest absolute Gasteiger partial charge is 0.221 e. The lowest BCUT2D eigenvalue weighted by Crippen LogP contribution is -2.21. The van der Waals surface area contributed by atoms with Gasteiger partial charge in [-0.05, 0) is 25.8 Å². The summed E-state index contributed by atoms with van der Waals surface area (Å²) in [5.41, 5.74) is 3.06. The van der Waals surface area contributed by atoms with Crippen molar-refractivity contribution >= 4 is 11.7 Å². The minimum Gasteiger partial charge on any atom is -0.359 e. The van der Waals surface area contributed by atoms with E-state index in [2.05, 4.69) is 9.88 Å². The van der Waals surface area contributed by atoms with Gasteiger partial charge in [-0.2, -0.15) is 0 Å². The zero-order chi connectivity index (χ0) is 12.4. The zero-order valence-electron chi connectivity index (χ0n) is 10.4. The first-order chi connectivity index (χ1) is 8.13. The lowest BCUT2D eigenvalue weighted by Gasteiger charge is -2.15. The van der Waals surface area contributed by atoms with Gasteiger partial charge in [0.2, 0.25) is 5.91 Å². The van der Waals surface area contributed by atoms with Crippen molar-refractivity contribution in [2.45, 2.75) is 39.2 Å². The molecule has 0 fully saturated rings. The van der Waals surface area contributed by atoms with Crippen molar-refractivity contribution in [1.82, 2.24) is 9.88 Å². The molecule has 0 saturated heterocycles. The molecule has 1 heterocycles. The van der Waals surface area contributed by atoms with E-state index < -0.39 is 0 Å². The Morgan fingerprint density at radius 3 is 2.94 bits per heavy atom. The van der Waals surface area contributed by atoms with Crippen LogP contribution in [0.3, 0.4) is 0 Å². The summed E-state index contributed by atoms with van der Waals surface area (Å²) in [6.07, 6.45) is 3.00. The Bertz CT molecular complexity index is 460. The van der Waals surface area contributed by atoms with Crippen molar-refractivity contribution in [3.05, 3.63) is 23.0 Å². The van der Waals surface area contributed by atoms with Crippen LogP contribution >= 0.6 is 0 Å². The normalized spacial score (nSPS) is 14.6. The van der Waals surface area contributed by atoms with Crippen LogP contribution in [0.1, 0.15) is 41.0 Å². The standard InChI is InChI=1S/C13H18N2O2/c1-9-8-10-11(4-3-5-12(10)16)15(9)7-6-13(17)14-2/h8H,3-7H2,1-2H3,(H,14,17). The Hall–Kier alpha value is -1.58. The van der Waals surface area contributed by atoms with Crippen molar-refractivity contribution in [2.24, 2.45) is 0 Å². The van der Waals surface area contributed by atoms with Crippen molar-refractivity contribution in [3.63, 3.8) is 0 Å². The highest BCUT2D eigenvalue weighted by molar-refractivity contribution is 5.98. The van der Waals surface area contributed by atoms with Gasteiger partial charge in [0.15, 0.2) is 5.78 Å². The van der Waals surface area contributed by atoms with Gasteiger partial charge in [0, 0.05) is 43.4 Å². The lowest BCUT2D eigenvalue weighted by atomic mass is 9.96. The predicted molar refractivity (Wildman–Crippen MR) is 65.1 cm³/mol. The van der Waals surface area contributed by atoms with Gasteiger partial charge >= 0.3 is 0 Å². The molecule has 0 unspecified atom stereocenters. The third-order valence-corrected chi connectivity index (χ3v) is 3.37. The van der Waals surface area contributed by atoms with Crippen LogP contribution in [0.4, 0.5) is 0 Å². The first-order valence-electron chi connectivity index (χ1n) is 6.06. The van der Waals surface area contributed by atoms with Crippen LogP contribution < -0.4 is 5.32 Å². The third kappa shape index (κ3) is 2.25. The Labute approximate surface area is 101 Å². The molecule has 1 aromatic rings. The summed E-state index contributed by atoms with van der Waals surface area (Å²) < 4.78 is 2.11. The topological polar surface area (TPSA) is 51.1 Å². The molecular formula is C13H18N2O2. The Kier molecular flexibility index (Phi) is 3.31. The average Bonchev–Trinajstić information content (AvgIpc) is 2.64. The van der Waals surface area contributed by atoms with Crippen molar-refractivity contribution in [2.75, 3.05) is 7.05 Å². The number of hydrogen-bond donors (Lipinski definition) is 1. The Morgan fingerprint density at radius 2 is 2.24 bits per heavy atom. The molecule has 1 aliphatic carbocycles. The highest BCUT2D eigenvalue weighted by Gasteiger charge is 2.22. The molecule has 4 nitrogen and oxygen atoms in total. The minimum atomic E-state index is 0.0361. The van der Waals surface area contributed by atoms with Gasteiger partial charge in [0.05, 0.1) is 0 Å². The number of carbonyl (C=O) groups excluding carboxylic acids is 2. The number of aryl methyl sites for hydroxylation is 1. The molecule has 4 heteroatoms. The molecule has 1 amide bonds. The number of aromatic nitrogens is 1. The molecule has 0 saturated carbocycles. The molecular weight excluding hydrogens is 216 g/mol. The van der Waals surface area contributed by atoms with Crippen LogP contribution in [0.25, 0.3) is 0 Å². The van der Waals surface area contributed by atoms with Gasteiger partial charge in [-0.3, -0.25) is 9.59 Å². The number of amides is 1. The Balaban J connectivity index is 2.22. The maximum Gasteiger partial charge on any atom is 0.221 e. The fourth-order valence-corrected chi connectivity index (χ4v) is 2.44. The van der Waals surface area contributed by atoms with E-state index in [9.17, 15) is 9.59 Å². The van der Waals surface area contributed by atoms with Gasteiger partial charge < -0.3 is 9.88 Å². The van der Waals surface area contributed by atoms with Crippen LogP contribution in [0.2, 0.25) is 0 Å². The number of hydrogen-bond acceptors (Lipinski definition) is 2. The van der Waals surface area contributed by atoms with E-state index in [1.807, 2.05) is 13.0 Å². The van der Waals surface area contributed by atoms with Crippen LogP contribution in [-0.2, 0) is 17.8 Å². The quantitative estimate of drug-likeness (QED) is 0.860. The maximum atomic E-state index is 11.8. The minimum absolute atomic E-state index is 0.0361. The molecule has 17 heavy (non-hydrogen) atoms. The highest BCUT2D eigenvalue weighted by atomic mass is 16.1. The fraction of sp³-hybridized carbons (Fsp3) is 0.538. The summed E-state index contributed by atoms with van der Waals surface area (Å²) in [6, 6.07) is 1.96. The molecule has 0 aromatic carbocycles. The second-order valence-corrected chi connectivity index (χ2v) is 4.50. The first-order valence-corrected chi connectivity index (χ1v) is 6.06. The third-order valence-electron chi connectivity index (χ3n) is 3.37. The molecule has 92 valence electrons. The molecule has 1 N–H and O–H groups in total. The van der Waals surface area contributed by atoms with E-state index in [-0.39, 0.29) is 11.7 Å². The van der Waals surface area contributed by atoms with Crippen molar-refractivity contribution in [3.8, 4) is 0 Å². The van der Waals surface area contributed by atoms with Gasteiger partial charge in [-0.25, -0.2) is 0 Å². The van der Waals surface area contributed by atoms with E-state index in [1.54, 1.807) is 7.05 Å². The molecule has 1 aromatic heterocycles. The first kappa shape index (κ1) is 11.9. The van der Waals surface area contributed by atoms with E-state index in [0.717, 1.165) is 29.8 Å². The largest absolute Gasteiger partial charge is 0.359 e. The zero-order valence-corrected chi connectivity index (χ0v) is 10.4. The fourth-order valence-electron chi connectivity index (χ4n) is 2.44. The van der Waals surface area contributed by atoms with Crippen LogP contribution in [0.5, 0.6) is 0 Å².